The predicted octanol–water partition coefficient (Wildman–Crippen LogP) is 2.11. The molecular weight excluding hydrogens is 349 g/mol. The largest absolute Gasteiger partial charge is 0.379 e. The molecule has 2 aliphatic carbocycles. The van der Waals surface area contributed by atoms with Crippen LogP contribution in [0.2, 0.25) is 0 Å². The van der Waals surface area contributed by atoms with Crippen LogP contribution in [0.3, 0.4) is 0 Å². The minimum atomic E-state index is -0.206. The van der Waals surface area contributed by atoms with Gasteiger partial charge in [-0.1, -0.05) is 12.8 Å². The van der Waals surface area contributed by atoms with E-state index in [1.54, 1.807) is 0 Å². The Hall–Kier alpha value is -0.0700. The van der Waals surface area contributed by atoms with Crippen molar-refractivity contribution in [1.29, 1.82) is 0 Å². The number of ether oxygens (including phenoxy) is 1. The SMILES string of the molecule is CC(CN)(NC(=O)CC1(N2CCOCC2)CCCC1)C1CC1.Cl.Cl. The van der Waals surface area contributed by atoms with Crippen molar-refractivity contribution in [3.63, 3.8) is 0 Å². The average molecular weight is 382 g/mol. The molecule has 0 aromatic heterocycles. The highest BCUT2D eigenvalue weighted by Crippen LogP contribution is 2.41. The van der Waals surface area contributed by atoms with Crippen LogP contribution < -0.4 is 11.1 Å². The average Bonchev–Trinajstić information content (AvgIpc) is 3.29. The molecule has 0 aromatic carbocycles. The molecule has 7 heteroatoms. The molecular formula is C17H33Cl2N3O2. The smallest absolute Gasteiger partial charge is 0.222 e. The fraction of sp³-hybridized carbons (Fsp3) is 0.941. The number of amides is 1. The molecule has 0 aromatic rings. The van der Waals surface area contributed by atoms with Crippen LogP contribution in [0.1, 0.15) is 51.9 Å². The second-order valence-corrected chi connectivity index (χ2v) is 7.65. The number of hydrogen-bond acceptors (Lipinski definition) is 4. The number of hydrogen-bond donors (Lipinski definition) is 2. The molecule has 1 atom stereocenters. The van der Waals surface area contributed by atoms with Crippen molar-refractivity contribution in [2.75, 3.05) is 32.8 Å². The molecule has 3 rings (SSSR count). The van der Waals surface area contributed by atoms with Gasteiger partial charge in [-0.05, 0) is 38.5 Å². The summed E-state index contributed by atoms with van der Waals surface area (Å²) in [5, 5.41) is 3.27. The van der Waals surface area contributed by atoms with Gasteiger partial charge in [-0.2, -0.15) is 0 Å². The summed E-state index contributed by atoms with van der Waals surface area (Å²) in [6, 6.07) is 0. The molecule has 3 aliphatic rings. The standard InChI is InChI=1S/C17H31N3O2.2ClH/c1-16(13-18,14-4-5-14)19-15(21)12-17(6-2-3-7-17)20-8-10-22-11-9-20;;/h14H,2-13,18H2,1H3,(H,19,21);2*1H. The highest BCUT2D eigenvalue weighted by molar-refractivity contribution is 5.85. The van der Waals surface area contributed by atoms with Gasteiger partial charge >= 0.3 is 0 Å². The molecule has 142 valence electrons. The Balaban J connectivity index is 0.00000144. The van der Waals surface area contributed by atoms with Gasteiger partial charge in [0.15, 0.2) is 0 Å². The second-order valence-electron chi connectivity index (χ2n) is 7.65. The van der Waals surface area contributed by atoms with Crippen LogP contribution in [0.4, 0.5) is 0 Å². The Kier molecular flexibility index (Phi) is 8.27. The first-order chi connectivity index (χ1) is 10.6. The molecule has 24 heavy (non-hydrogen) atoms. The molecule has 0 spiro atoms. The zero-order valence-electron chi connectivity index (χ0n) is 14.7. The van der Waals surface area contributed by atoms with Crippen LogP contribution in [-0.2, 0) is 9.53 Å². The highest BCUT2D eigenvalue weighted by atomic mass is 35.5. The van der Waals surface area contributed by atoms with E-state index in [1.165, 1.54) is 25.7 Å². The minimum Gasteiger partial charge on any atom is -0.379 e. The lowest BCUT2D eigenvalue weighted by molar-refractivity contribution is -0.127. The Morgan fingerprint density at radius 2 is 1.83 bits per heavy atom. The zero-order valence-corrected chi connectivity index (χ0v) is 16.4. The fourth-order valence-electron chi connectivity index (χ4n) is 4.38. The summed E-state index contributed by atoms with van der Waals surface area (Å²) in [5.41, 5.74) is 5.79. The predicted molar refractivity (Wildman–Crippen MR) is 101 cm³/mol. The van der Waals surface area contributed by atoms with Crippen molar-refractivity contribution >= 4 is 30.7 Å². The molecule has 3 fully saturated rings. The van der Waals surface area contributed by atoms with E-state index in [2.05, 4.69) is 17.1 Å². The number of morpholine rings is 1. The topological polar surface area (TPSA) is 67.6 Å². The first-order valence-electron chi connectivity index (χ1n) is 8.92. The molecule has 5 nitrogen and oxygen atoms in total. The maximum Gasteiger partial charge on any atom is 0.222 e. The maximum absolute atomic E-state index is 12.7. The lowest BCUT2D eigenvalue weighted by atomic mass is 9.88. The Labute approximate surface area is 158 Å². The monoisotopic (exact) mass is 381 g/mol. The van der Waals surface area contributed by atoms with E-state index < -0.39 is 0 Å². The van der Waals surface area contributed by atoms with Crippen molar-refractivity contribution in [2.45, 2.75) is 62.9 Å². The van der Waals surface area contributed by atoms with Crippen LogP contribution in [0.5, 0.6) is 0 Å². The molecule has 1 amide bonds. The normalized spacial score (nSPS) is 25.9. The number of nitrogens with two attached hydrogens (primary N) is 1. The van der Waals surface area contributed by atoms with Gasteiger partial charge in [-0.25, -0.2) is 0 Å². The van der Waals surface area contributed by atoms with Crippen LogP contribution in [0, 0.1) is 5.92 Å². The van der Waals surface area contributed by atoms with Crippen LogP contribution in [0.15, 0.2) is 0 Å². The zero-order chi connectivity index (χ0) is 15.6. The van der Waals surface area contributed by atoms with E-state index >= 15 is 0 Å². The van der Waals surface area contributed by atoms with Gasteiger partial charge < -0.3 is 15.8 Å². The molecule has 1 heterocycles. The number of carbonyl (C=O) groups is 1. The number of rotatable bonds is 6. The summed E-state index contributed by atoms with van der Waals surface area (Å²) in [4.78, 5) is 15.2. The summed E-state index contributed by atoms with van der Waals surface area (Å²) in [7, 11) is 0. The molecule has 1 aliphatic heterocycles. The van der Waals surface area contributed by atoms with Crippen molar-refractivity contribution < 1.29 is 9.53 Å². The van der Waals surface area contributed by atoms with Crippen LogP contribution in [0.25, 0.3) is 0 Å². The van der Waals surface area contributed by atoms with Gasteiger partial charge in [0, 0.05) is 31.6 Å². The van der Waals surface area contributed by atoms with Crippen LogP contribution >= 0.6 is 24.8 Å². The van der Waals surface area contributed by atoms with Gasteiger partial charge in [0.1, 0.15) is 0 Å². The van der Waals surface area contributed by atoms with E-state index in [0.717, 1.165) is 39.1 Å². The van der Waals surface area contributed by atoms with Gasteiger partial charge in [0.25, 0.3) is 0 Å². The van der Waals surface area contributed by atoms with E-state index in [9.17, 15) is 4.79 Å². The van der Waals surface area contributed by atoms with Gasteiger partial charge in [0.05, 0.1) is 18.8 Å². The lowest BCUT2D eigenvalue weighted by Crippen LogP contribution is -2.58. The molecule has 1 unspecified atom stereocenters. The van der Waals surface area contributed by atoms with E-state index in [1.807, 2.05) is 0 Å². The summed E-state index contributed by atoms with van der Waals surface area (Å²) < 4.78 is 5.49. The summed E-state index contributed by atoms with van der Waals surface area (Å²) in [5.74, 6) is 0.762. The third kappa shape index (κ3) is 4.76. The summed E-state index contributed by atoms with van der Waals surface area (Å²) >= 11 is 0. The molecule has 0 radical (unpaired) electrons. The summed E-state index contributed by atoms with van der Waals surface area (Å²) in [6.45, 7) is 6.17. The molecule has 2 saturated carbocycles. The number of halogens is 2. The molecule has 3 N–H and O–H groups in total. The van der Waals surface area contributed by atoms with E-state index in [4.69, 9.17) is 10.5 Å². The number of carbonyl (C=O) groups excluding carboxylic acids is 1. The Morgan fingerprint density at radius 3 is 2.33 bits per heavy atom. The second kappa shape index (κ2) is 9.04. The van der Waals surface area contributed by atoms with Gasteiger partial charge in [-0.3, -0.25) is 9.69 Å². The first kappa shape index (κ1) is 22.0. The number of nitrogens with one attached hydrogen (secondary N) is 1. The fourth-order valence-corrected chi connectivity index (χ4v) is 4.38. The third-order valence-electron chi connectivity index (χ3n) is 6.03. The summed E-state index contributed by atoms with van der Waals surface area (Å²) in [6.07, 6.45) is 7.77. The van der Waals surface area contributed by atoms with Crippen molar-refractivity contribution in [1.82, 2.24) is 10.2 Å². The number of nitrogens with zero attached hydrogens (tertiary/aromatic N) is 1. The third-order valence-corrected chi connectivity index (χ3v) is 6.03. The van der Waals surface area contributed by atoms with Gasteiger partial charge in [-0.15, -0.1) is 24.8 Å². The maximum atomic E-state index is 12.7. The lowest BCUT2D eigenvalue weighted by Gasteiger charge is -2.43. The van der Waals surface area contributed by atoms with Crippen molar-refractivity contribution in [3.8, 4) is 0 Å². The van der Waals surface area contributed by atoms with E-state index in [-0.39, 0.29) is 41.8 Å². The first-order valence-corrected chi connectivity index (χ1v) is 8.92. The molecule has 1 saturated heterocycles. The highest BCUT2D eigenvalue weighted by Gasteiger charge is 2.45. The van der Waals surface area contributed by atoms with Crippen molar-refractivity contribution in [2.24, 2.45) is 11.7 Å². The minimum absolute atomic E-state index is 0. The quantitative estimate of drug-likeness (QED) is 0.739. The molecule has 0 bridgehead atoms. The Morgan fingerprint density at radius 1 is 1.25 bits per heavy atom. The van der Waals surface area contributed by atoms with Crippen molar-refractivity contribution in [3.05, 3.63) is 0 Å². The van der Waals surface area contributed by atoms with E-state index in [0.29, 0.717) is 18.9 Å². The van der Waals surface area contributed by atoms with Crippen LogP contribution in [-0.4, -0.2) is 54.7 Å². The Bertz CT molecular complexity index is 409. The van der Waals surface area contributed by atoms with Gasteiger partial charge in [0.2, 0.25) is 5.91 Å².